The van der Waals surface area contributed by atoms with Gasteiger partial charge in [-0.05, 0) is 43.2 Å². The van der Waals surface area contributed by atoms with Crippen molar-refractivity contribution in [3.63, 3.8) is 0 Å². The Bertz CT molecular complexity index is 1530. The van der Waals surface area contributed by atoms with Gasteiger partial charge in [-0.1, -0.05) is 36.5 Å². The highest BCUT2D eigenvalue weighted by Crippen LogP contribution is 2.44. The van der Waals surface area contributed by atoms with Crippen LogP contribution in [0.25, 0.3) is 33.8 Å². The lowest BCUT2D eigenvalue weighted by atomic mass is 9.82. The van der Waals surface area contributed by atoms with Gasteiger partial charge in [0.25, 0.3) is 0 Å². The number of ether oxygens (including phenoxy) is 1. The number of rotatable bonds is 5. The average molecular weight is 522 g/mol. The summed E-state index contributed by atoms with van der Waals surface area (Å²) in [5.74, 6) is 1.93. The summed E-state index contributed by atoms with van der Waals surface area (Å²) in [7, 11) is 0. The molecule has 3 fully saturated rings. The van der Waals surface area contributed by atoms with Gasteiger partial charge in [-0.2, -0.15) is 0 Å². The van der Waals surface area contributed by atoms with E-state index in [0.717, 1.165) is 61.2 Å². The van der Waals surface area contributed by atoms with Crippen molar-refractivity contribution >= 4 is 28.6 Å². The molecule has 0 aromatic carbocycles. The van der Waals surface area contributed by atoms with E-state index >= 15 is 0 Å². The number of aromatic nitrogens is 6. The Balaban J connectivity index is 1.44. The molecule has 1 spiro atoms. The molecule has 11 heteroatoms. The van der Waals surface area contributed by atoms with Crippen molar-refractivity contribution in [2.24, 2.45) is 11.8 Å². The lowest BCUT2D eigenvalue weighted by Gasteiger charge is -2.58. The first-order chi connectivity index (χ1) is 18.0. The molecule has 1 aliphatic carbocycles. The summed E-state index contributed by atoms with van der Waals surface area (Å²) >= 11 is 6.36. The average Bonchev–Trinajstić information content (AvgIpc) is 3.42. The maximum Gasteiger partial charge on any atom is 0.439 e. The molecule has 1 saturated carbocycles. The maximum atomic E-state index is 11.7. The summed E-state index contributed by atoms with van der Waals surface area (Å²) in [6.45, 7) is 5.62. The fraction of sp³-hybridized carbons (Fsp3) is 0.500. The van der Waals surface area contributed by atoms with Gasteiger partial charge in [0, 0.05) is 31.0 Å². The van der Waals surface area contributed by atoms with Gasteiger partial charge in [0.1, 0.15) is 5.69 Å². The van der Waals surface area contributed by atoms with Crippen molar-refractivity contribution in [2.75, 3.05) is 24.7 Å². The molecular weight excluding hydrogens is 494 g/mol. The zero-order valence-corrected chi connectivity index (χ0v) is 21.4. The third-order valence-electron chi connectivity index (χ3n) is 8.30. The molecule has 4 aromatic rings. The first-order valence-corrected chi connectivity index (χ1v) is 13.3. The lowest BCUT2D eigenvalue weighted by Crippen LogP contribution is -2.71. The Hall–Kier alpha value is -3.24. The van der Waals surface area contributed by atoms with Crippen molar-refractivity contribution in [3.05, 3.63) is 40.1 Å². The Morgan fingerprint density at radius 2 is 2.00 bits per heavy atom. The van der Waals surface area contributed by atoms with Crippen molar-refractivity contribution in [1.82, 2.24) is 29.7 Å². The summed E-state index contributed by atoms with van der Waals surface area (Å²) in [6, 6.07) is 3.73. The van der Waals surface area contributed by atoms with Crippen LogP contribution in [0, 0.1) is 11.8 Å². The van der Waals surface area contributed by atoms with Gasteiger partial charge in [0.05, 0.1) is 40.5 Å². The molecule has 4 aromatic heterocycles. The molecule has 0 amide bonds. The number of anilines is 1. The minimum absolute atomic E-state index is 0.0333. The van der Waals surface area contributed by atoms with Gasteiger partial charge in [-0.25, -0.2) is 14.8 Å². The number of hydrogen-bond acceptors (Lipinski definition) is 8. The molecule has 6 heterocycles. The number of nitrogens with one attached hydrogen (secondary N) is 1. The Morgan fingerprint density at radius 3 is 2.65 bits per heavy atom. The maximum absolute atomic E-state index is 11.7. The van der Waals surface area contributed by atoms with Gasteiger partial charge >= 0.3 is 5.76 Å². The molecule has 10 nitrogen and oxygen atoms in total. The van der Waals surface area contributed by atoms with Crippen LogP contribution in [0.4, 0.5) is 5.95 Å². The van der Waals surface area contributed by atoms with Crippen molar-refractivity contribution in [2.45, 2.75) is 51.1 Å². The largest absolute Gasteiger partial charge is 0.439 e. The second-order valence-corrected chi connectivity index (χ2v) is 11.3. The van der Waals surface area contributed by atoms with E-state index in [1.165, 1.54) is 25.7 Å². The predicted molar refractivity (Wildman–Crippen MR) is 139 cm³/mol. The molecular formula is C26H28ClN7O3. The third-order valence-corrected chi connectivity index (χ3v) is 8.50. The molecule has 7 rings (SSSR count). The minimum Gasteiger partial charge on any atom is -0.376 e. The number of nitrogens with zero attached hydrogens (tertiary/aromatic N) is 6. The second kappa shape index (κ2) is 8.66. The topological polar surface area (TPSA) is 115 Å². The molecule has 0 bridgehead atoms. The quantitative estimate of drug-likeness (QED) is 0.413. The van der Waals surface area contributed by atoms with Crippen LogP contribution in [-0.4, -0.2) is 55.0 Å². The smallest absolute Gasteiger partial charge is 0.376 e. The van der Waals surface area contributed by atoms with Gasteiger partial charge in [-0.15, -0.1) is 0 Å². The van der Waals surface area contributed by atoms with Crippen LogP contribution < -0.4 is 10.7 Å². The number of halogens is 1. The molecule has 2 saturated heterocycles. The summed E-state index contributed by atoms with van der Waals surface area (Å²) in [5, 5.41) is 4.40. The summed E-state index contributed by atoms with van der Waals surface area (Å²) in [5.41, 5.74) is 3.71. The Labute approximate surface area is 218 Å². The third kappa shape index (κ3) is 3.85. The van der Waals surface area contributed by atoms with Crippen LogP contribution in [0.5, 0.6) is 0 Å². The second-order valence-electron chi connectivity index (χ2n) is 10.8. The van der Waals surface area contributed by atoms with Crippen LogP contribution in [0.1, 0.15) is 39.0 Å². The van der Waals surface area contributed by atoms with E-state index in [-0.39, 0.29) is 11.4 Å². The van der Waals surface area contributed by atoms with Crippen LogP contribution in [0.3, 0.4) is 0 Å². The SMILES string of the molecule is C[C@H]1CC[C@H](Cn2c(N3CCC34COC4)nc3cc(-c4noc(=O)[nH]4)nc(-c4cncc(Cl)c4)c32)CC1. The van der Waals surface area contributed by atoms with E-state index < -0.39 is 5.76 Å². The van der Waals surface area contributed by atoms with E-state index in [9.17, 15) is 4.79 Å². The van der Waals surface area contributed by atoms with Gasteiger partial charge < -0.3 is 14.2 Å². The van der Waals surface area contributed by atoms with Crippen LogP contribution in [-0.2, 0) is 11.3 Å². The minimum atomic E-state index is -0.631. The standard InChI is InChI=1S/C26H28ClN7O3/c1-15-2-4-16(5-3-15)12-33-22-19(30-24(33)34-7-6-26(34)13-36-14-26)9-20(23-31-25(35)37-32-23)29-21(22)17-8-18(27)11-28-10-17/h8-11,15-16H,2-7,12-14H2,1H3,(H,31,32,35)/t15-,16-. The summed E-state index contributed by atoms with van der Waals surface area (Å²) < 4.78 is 12.7. The van der Waals surface area contributed by atoms with Gasteiger partial charge in [0.2, 0.25) is 11.8 Å². The van der Waals surface area contributed by atoms with Crippen LogP contribution in [0.15, 0.2) is 33.8 Å². The van der Waals surface area contributed by atoms with Crippen molar-refractivity contribution in [1.29, 1.82) is 0 Å². The molecule has 3 aliphatic rings. The number of aromatic amines is 1. The van der Waals surface area contributed by atoms with E-state index in [0.29, 0.717) is 22.3 Å². The van der Waals surface area contributed by atoms with E-state index in [2.05, 4.69) is 31.5 Å². The van der Waals surface area contributed by atoms with E-state index in [4.69, 9.17) is 30.8 Å². The highest BCUT2D eigenvalue weighted by molar-refractivity contribution is 6.30. The zero-order valence-electron chi connectivity index (χ0n) is 20.6. The first-order valence-electron chi connectivity index (χ1n) is 12.9. The highest BCUT2D eigenvalue weighted by atomic mass is 35.5. The highest BCUT2D eigenvalue weighted by Gasteiger charge is 2.52. The number of H-pyrrole nitrogens is 1. The molecule has 192 valence electrons. The fourth-order valence-corrected chi connectivity index (χ4v) is 6.16. The Kier molecular flexibility index (Phi) is 5.37. The van der Waals surface area contributed by atoms with Gasteiger partial charge in [0.15, 0.2) is 0 Å². The molecule has 37 heavy (non-hydrogen) atoms. The normalized spacial score (nSPS) is 22.8. The van der Waals surface area contributed by atoms with Crippen LogP contribution >= 0.6 is 11.6 Å². The molecule has 0 unspecified atom stereocenters. The van der Waals surface area contributed by atoms with Crippen molar-refractivity contribution < 1.29 is 9.26 Å². The van der Waals surface area contributed by atoms with E-state index in [1.807, 2.05) is 12.1 Å². The fourth-order valence-electron chi connectivity index (χ4n) is 5.99. The first kappa shape index (κ1) is 22.9. The van der Waals surface area contributed by atoms with Crippen molar-refractivity contribution in [3.8, 4) is 22.8 Å². The number of pyridine rings is 2. The Morgan fingerprint density at radius 1 is 1.16 bits per heavy atom. The number of fused-ring (bicyclic) bond motifs is 1. The van der Waals surface area contributed by atoms with E-state index in [1.54, 1.807) is 12.4 Å². The van der Waals surface area contributed by atoms with Gasteiger partial charge in [-0.3, -0.25) is 14.5 Å². The molecule has 0 radical (unpaired) electrons. The summed E-state index contributed by atoms with van der Waals surface area (Å²) in [4.78, 5) is 31.2. The predicted octanol–water partition coefficient (Wildman–Crippen LogP) is 4.30. The number of imidazole rings is 1. The number of hydrogen-bond donors (Lipinski definition) is 1. The van der Waals surface area contributed by atoms with Crippen LogP contribution in [0.2, 0.25) is 5.02 Å². The lowest BCUT2D eigenvalue weighted by molar-refractivity contribution is -0.0859. The molecule has 1 N–H and O–H groups in total. The monoisotopic (exact) mass is 521 g/mol. The zero-order chi connectivity index (χ0) is 25.1. The molecule has 0 atom stereocenters. The molecule has 2 aliphatic heterocycles. The summed E-state index contributed by atoms with van der Waals surface area (Å²) in [6.07, 6.45) is 9.37.